The Labute approximate surface area is 161 Å². The number of nitriles is 1. The van der Waals surface area contributed by atoms with Crippen molar-refractivity contribution in [1.29, 1.82) is 5.26 Å². The molecule has 0 radical (unpaired) electrons. The Hall–Kier alpha value is -2.49. The third kappa shape index (κ3) is 4.44. The third-order valence-electron chi connectivity index (χ3n) is 5.69. The minimum Gasteiger partial charge on any atom is -0.338 e. The molecule has 1 aromatic carbocycles. The summed E-state index contributed by atoms with van der Waals surface area (Å²) >= 11 is 0. The summed E-state index contributed by atoms with van der Waals surface area (Å²) in [5.41, 5.74) is 1.99. The second-order valence-corrected chi connectivity index (χ2v) is 7.39. The second kappa shape index (κ2) is 8.47. The first-order valence-corrected chi connectivity index (χ1v) is 9.79. The Balaban J connectivity index is 1.24. The van der Waals surface area contributed by atoms with Crippen LogP contribution in [-0.4, -0.2) is 65.1 Å². The molecule has 1 aromatic heterocycles. The van der Waals surface area contributed by atoms with Gasteiger partial charge in [-0.3, -0.25) is 9.80 Å². The molecule has 3 heterocycles. The molecule has 0 N–H and O–H groups in total. The Morgan fingerprint density at radius 3 is 2.41 bits per heavy atom. The molecule has 140 valence electrons. The van der Waals surface area contributed by atoms with E-state index in [1.807, 2.05) is 36.7 Å². The number of piperazine rings is 1. The molecule has 0 atom stereocenters. The van der Waals surface area contributed by atoms with Crippen molar-refractivity contribution in [3.63, 3.8) is 0 Å². The van der Waals surface area contributed by atoms with E-state index in [2.05, 4.69) is 36.8 Å². The van der Waals surface area contributed by atoms with Crippen molar-refractivity contribution >= 4 is 5.95 Å². The number of rotatable bonds is 4. The molecule has 2 saturated heterocycles. The van der Waals surface area contributed by atoms with Gasteiger partial charge in [0.2, 0.25) is 5.95 Å². The highest BCUT2D eigenvalue weighted by Crippen LogP contribution is 2.21. The molecule has 6 heteroatoms. The SMILES string of the molecule is N#Cc1cccc(CN2CCC(N3CCN(c4ncccn4)CC3)CC2)c1. The van der Waals surface area contributed by atoms with E-state index in [-0.39, 0.29) is 0 Å². The molecule has 6 nitrogen and oxygen atoms in total. The summed E-state index contributed by atoms with van der Waals surface area (Å²) in [6.07, 6.45) is 6.08. The summed E-state index contributed by atoms with van der Waals surface area (Å²) in [6.45, 7) is 7.39. The summed E-state index contributed by atoms with van der Waals surface area (Å²) in [7, 11) is 0. The van der Waals surface area contributed by atoms with Gasteiger partial charge in [0, 0.05) is 51.2 Å². The molecule has 2 aliphatic rings. The summed E-state index contributed by atoms with van der Waals surface area (Å²) in [6, 6.07) is 12.8. The quantitative estimate of drug-likeness (QED) is 0.830. The molecule has 4 rings (SSSR count). The molecule has 2 fully saturated rings. The van der Waals surface area contributed by atoms with Gasteiger partial charge in [-0.15, -0.1) is 0 Å². The number of hydrogen-bond acceptors (Lipinski definition) is 6. The zero-order valence-corrected chi connectivity index (χ0v) is 15.7. The lowest BCUT2D eigenvalue weighted by Crippen LogP contribution is -2.53. The highest BCUT2D eigenvalue weighted by molar-refractivity contribution is 5.32. The number of benzene rings is 1. The number of nitrogens with zero attached hydrogens (tertiary/aromatic N) is 6. The maximum Gasteiger partial charge on any atom is 0.225 e. The Bertz CT molecular complexity index is 771. The van der Waals surface area contributed by atoms with Gasteiger partial charge < -0.3 is 4.90 Å². The zero-order valence-electron chi connectivity index (χ0n) is 15.7. The van der Waals surface area contributed by atoms with Crippen LogP contribution in [0.4, 0.5) is 5.95 Å². The van der Waals surface area contributed by atoms with Crippen molar-refractivity contribution in [2.75, 3.05) is 44.2 Å². The summed E-state index contributed by atoms with van der Waals surface area (Å²) < 4.78 is 0. The van der Waals surface area contributed by atoms with Gasteiger partial charge in [0.25, 0.3) is 0 Å². The van der Waals surface area contributed by atoms with Crippen LogP contribution in [0.2, 0.25) is 0 Å². The number of likely N-dealkylation sites (tertiary alicyclic amines) is 1. The second-order valence-electron chi connectivity index (χ2n) is 7.39. The normalized spacial score (nSPS) is 19.7. The van der Waals surface area contributed by atoms with Crippen molar-refractivity contribution in [2.24, 2.45) is 0 Å². The van der Waals surface area contributed by atoms with Gasteiger partial charge in [-0.1, -0.05) is 12.1 Å². The fourth-order valence-corrected chi connectivity index (χ4v) is 4.18. The minimum atomic E-state index is 0.686. The lowest BCUT2D eigenvalue weighted by molar-refractivity contribution is 0.0996. The number of piperidine rings is 1. The maximum absolute atomic E-state index is 9.06. The average Bonchev–Trinajstić information content (AvgIpc) is 2.75. The topological polar surface area (TPSA) is 59.3 Å². The van der Waals surface area contributed by atoms with Crippen LogP contribution in [0.15, 0.2) is 42.7 Å². The van der Waals surface area contributed by atoms with E-state index in [0.717, 1.165) is 57.3 Å². The van der Waals surface area contributed by atoms with E-state index in [1.54, 1.807) is 0 Å². The summed E-state index contributed by atoms with van der Waals surface area (Å²) in [4.78, 5) is 16.2. The van der Waals surface area contributed by atoms with Crippen molar-refractivity contribution in [1.82, 2.24) is 19.8 Å². The van der Waals surface area contributed by atoms with Crippen LogP contribution in [0.5, 0.6) is 0 Å². The highest BCUT2D eigenvalue weighted by Gasteiger charge is 2.28. The minimum absolute atomic E-state index is 0.686. The van der Waals surface area contributed by atoms with E-state index in [1.165, 1.54) is 18.4 Å². The lowest BCUT2D eigenvalue weighted by atomic mass is 10.0. The highest BCUT2D eigenvalue weighted by atomic mass is 15.3. The van der Waals surface area contributed by atoms with Gasteiger partial charge in [-0.25, -0.2) is 9.97 Å². The number of hydrogen-bond donors (Lipinski definition) is 0. The van der Waals surface area contributed by atoms with Gasteiger partial charge in [0.15, 0.2) is 0 Å². The van der Waals surface area contributed by atoms with Crippen molar-refractivity contribution in [2.45, 2.75) is 25.4 Å². The molecule has 2 aliphatic heterocycles. The smallest absolute Gasteiger partial charge is 0.225 e. The van der Waals surface area contributed by atoms with Gasteiger partial charge in [0.1, 0.15) is 0 Å². The number of aromatic nitrogens is 2. The molecule has 27 heavy (non-hydrogen) atoms. The molecule has 0 amide bonds. The first-order chi connectivity index (χ1) is 13.3. The first-order valence-electron chi connectivity index (χ1n) is 9.79. The first kappa shape index (κ1) is 17.9. The van der Waals surface area contributed by atoms with E-state index in [0.29, 0.717) is 6.04 Å². The van der Waals surface area contributed by atoms with Crippen molar-refractivity contribution < 1.29 is 0 Å². The van der Waals surface area contributed by atoms with Crippen LogP contribution >= 0.6 is 0 Å². The molecule has 0 bridgehead atoms. The van der Waals surface area contributed by atoms with Gasteiger partial charge >= 0.3 is 0 Å². The largest absolute Gasteiger partial charge is 0.338 e. The number of anilines is 1. The van der Waals surface area contributed by atoms with Gasteiger partial charge in [-0.2, -0.15) is 5.26 Å². The van der Waals surface area contributed by atoms with Gasteiger partial charge in [0.05, 0.1) is 11.6 Å². The lowest BCUT2D eigenvalue weighted by Gasteiger charge is -2.42. The Morgan fingerprint density at radius 1 is 0.963 bits per heavy atom. The van der Waals surface area contributed by atoms with Crippen molar-refractivity contribution in [3.05, 3.63) is 53.9 Å². The third-order valence-corrected chi connectivity index (χ3v) is 5.69. The molecule has 2 aromatic rings. The zero-order chi connectivity index (χ0) is 18.5. The van der Waals surface area contributed by atoms with Crippen LogP contribution in [0.25, 0.3) is 0 Å². The fourth-order valence-electron chi connectivity index (χ4n) is 4.18. The van der Waals surface area contributed by atoms with Gasteiger partial charge in [-0.05, 0) is 49.7 Å². The molecule has 0 aliphatic carbocycles. The predicted octanol–water partition coefficient (Wildman–Crippen LogP) is 2.13. The Morgan fingerprint density at radius 2 is 1.70 bits per heavy atom. The predicted molar refractivity (Wildman–Crippen MR) is 105 cm³/mol. The van der Waals surface area contributed by atoms with E-state index < -0.39 is 0 Å². The average molecular weight is 362 g/mol. The molecule has 0 spiro atoms. The van der Waals surface area contributed by atoms with Crippen LogP contribution < -0.4 is 4.90 Å². The van der Waals surface area contributed by atoms with Crippen LogP contribution in [0.1, 0.15) is 24.0 Å². The van der Waals surface area contributed by atoms with Crippen LogP contribution in [0, 0.1) is 11.3 Å². The Kier molecular flexibility index (Phi) is 5.61. The molecule has 0 saturated carbocycles. The van der Waals surface area contributed by atoms with Crippen molar-refractivity contribution in [3.8, 4) is 6.07 Å². The molecular formula is C21H26N6. The monoisotopic (exact) mass is 362 g/mol. The van der Waals surface area contributed by atoms with E-state index >= 15 is 0 Å². The fraction of sp³-hybridized carbons (Fsp3) is 0.476. The standard InChI is InChI=1S/C21H26N6/c22-16-18-3-1-4-19(15-18)17-25-9-5-20(6-10-25)26-11-13-27(14-12-26)21-23-7-2-8-24-21/h1-4,7-8,15,20H,5-6,9-14,17H2. The molecule has 0 unspecified atom stereocenters. The summed E-state index contributed by atoms with van der Waals surface area (Å²) in [5, 5.41) is 9.06. The van der Waals surface area contributed by atoms with E-state index in [4.69, 9.17) is 5.26 Å². The van der Waals surface area contributed by atoms with E-state index in [9.17, 15) is 0 Å². The van der Waals surface area contributed by atoms with Crippen LogP contribution in [0.3, 0.4) is 0 Å². The maximum atomic E-state index is 9.06. The molecular weight excluding hydrogens is 336 g/mol. The summed E-state index contributed by atoms with van der Waals surface area (Å²) in [5.74, 6) is 0.853. The van der Waals surface area contributed by atoms with Crippen LogP contribution in [-0.2, 0) is 6.54 Å².